The summed E-state index contributed by atoms with van der Waals surface area (Å²) in [7, 11) is -4.11. The van der Waals surface area contributed by atoms with Gasteiger partial charge in [0.15, 0.2) is 0 Å². The van der Waals surface area contributed by atoms with E-state index in [9.17, 15) is 27.2 Å². The van der Waals surface area contributed by atoms with Gasteiger partial charge in [0.1, 0.15) is 16.8 Å². The zero-order valence-electron chi connectivity index (χ0n) is 23.2. The summed E-state index contributed by atoms with van der Waals surface area (Å²) in [5, 5.41) is 3.12. The molecule has 0 saturated heterocycles. The van der Waals surface area contributed by atoms with Gasteiger partial charge in [-0.15, -0.1) is 0 Å². The lowest BCUT2D eigenvalue weighted by Gasteiger charge is -2.34. The Kier molecular flexibility index (Phi) is 9.01. The van der Waals surface area contributed by atoms with Crippen molar-refractivity contribution in [2.45, 2.75) is 68.5 Å². The summed E-state index contributed by atoms with van der Waals surface area (Å²) in [4.78, 5) is 41.9. The summed E-state index contributed by atoms with van der Waals surface area (Å²) < 4.78 is 41.7. The highest BCUT2D eigenvalue weighted by atomic mass is 32.2. The normalized spacial score (nSPS) is 17.0. The van der Waals surface area contributed by atoms with E-state index in [-0.39, 0.29) is 47.4 Å². The molecular weight excluding hydrogens is 557 g/mol. The lowest BCUT2D eigenvalue weighted by Crippen LogP contribution is -2.53. The van der Waals surface area contributed by atoms with Gasteiger partial charge in [0.05, 0.1) is 5.56 Å². The highest BCUT2D eigenvalue weighted by Crippen LogP contribution is 2.30. The smallest absolute Gasteiger partial charge is 0.269 e. The molecule has 3 aromatic carbocycles. The molecule has 0 aromatic heterocycles. The molecule has 0 spiro atoms. The Morgan fingerprint density at radius 1 is 0.929 bits per heavy atom. The zero-order valence-corrected chi connectivity index (χ0v) is 24.1. The van der Waals surface area contributed by atoms with Crippen molar-refractivity contribution >= 4 is 27.7 Å². The number of benzene rings is 3. The Labute approximate surface area is 245 Å². The van der Waals surface area contributed by atoms with E-state index in [2.05, 4.69) is 5.32 Å². The molecule has 1 N–H and O–H groups in total. The molecular formula is C32H34FN3O5S. The molecule has 10 heteroatoms. The molecule has 1 fully saturated rings. The first-order valence-corrected chi connectivity index (χ1v) is 15.7. The monoisotopic (exact) mass is 591 g/mol. The van der Waals surface area contributed by atoms with E-state index in [1.807, 2.05) is 30.3 Å². The van der Waals surface area contributed by atoms with E-state index in [0.29, 0.717) is 4.31 Å². The van der Waals surface area contributed by atoms with Crippen LogP contribution in [-0.4, -0.2) is 54.0 Å². The van der Waals surface area contributed by atoms with Crippen LogP contribution < -0.4 is 5.32 Å². The predicted molar refractivity (Wildman–Crippen MR) is 155 cm³/mol. The van der Waals surface area contributed by atoms with Crippen molar-refractivity contribution < 1.29 is 27.2 Å². The minimum atomic E-state index is -4.11. The van der Waals surface area contributed by atoms with Crippen LogP contribution in [0.5, 0.6) is 0 Å². The van der Waals surface area contributed by atoms with Gasteiger partial charge in [-0.2, -0.15) is 0 Å². The fraction of sp³-hybridized carbons (Fsp3) is 0.344. The second kappa shape index (κ2) is 12.9. The number of rotatable bonds is 10. The van der Waals surface area contributed by atoms with Crippen LogP contribution >= 0.6 is 0 Å². The number of sulfonamides is 1. The van der Waals surface area contributed by atoms with Gasteiger partial charge in [0, 0.05) is 37.5 Å². The number of nitrogens with one attached hydrogen (secondary N) is 1. The van der Waals surface area contributed by atoms with Gasteiger partial charge in [-0.05, 0) is 36.6 Å². The van der Waals surface area contributed by atoms with Crippen LogP contribution in [-0.2, 0) is 32.6 Å². The number of hydrogen-bond donors (Lipinski definition) is 1. The Morgan fingerprint density at radius 2 is 1.60 bits per heavy atom. The maximum Gasteiger partial charge on any atom is 0.269 e. The second-order valence-electron chi connectivity index (χ2n) is 10.8. The molecule has 1 aliphatic heterocycles. The van der Waals surface area contributed by atoms with Crippen LogP contribution in [0.2, 0.25) is 0 Å². The molecule has 8 nitrogen and oxygen atoms in total. The average molecular weight is 592 g/mol. The summed E-state index contributed by atoms with van der Waals surface area (Å²) >= 11 is 0. The van der Waals surface area contributed by atoms with Crippen LogP contribution in [0.1, 0.15) is 60.0 Å². The highest BCUT2D eigenvalue weighted by Gasteiger charge is 2.41. The lowest BCUT2D eigenvalue weighted by atomic mass is 9.94. The van der Waals surface area contributed by atoms with Crippen molar-refractivity contribution in [2.75, 3.05) is 6.54 Å². The van der Waals surface area contributed by atoms with Crippen molar-refractivity contribution in [2.24, 2.45) is 0 Å². The Hall–Kier alpha value is -4.05. The first-order chi connectivity index (χ1) is 20.3. The molecule has 5 rings (SSSR count). The van der Waals surface area contributed by atoms with Crippen LogP contribution in [0.25, 0.3) is 0 Å². The first kappa shape index (κ1) is 29.4. The number of nitrogens with zero attached hydrogens (tertiary/aromatic N) is 2. The Morgan fingerprint density at radius 3 is 2.31 bits per heavy atom. The molecule has 3 aromatic rings. The van der Waals surface area contributed by atoms with Crippen LogP contribution in [0.3, 0.4) is 0 Å². The third-order valence-electron chi connectivity index (χ3n) is 7.96. The van der Waals surface area contributed by atoms with Gasteiger partial charge < -0.3 is 10.2 Å². The number of amides is 3. The molecule has 1 atom stereocenters. The van der Waals surface area contributed by atoms with Gasteiger partial charge in [-0.3, -0.25) is 14.4 Å². The van der Waals surface area contributed by atoms with Crippen molar-refractivity contribution in [3.8, 4) is 0 Å². The fourth-order valence-electron chi connectivity index (χ4n) is 5.70. The SMILES string of the molecule is O=C(NC1CCCCC1)[C@@H](Cc1ccccc1)N(Cc1ccccc1F)C(=O)CCN1C(=O)c2ccccc2S1(=O)=O. The second-order valence-corrected chi connectivity index (χ2v) is 12.6. The van der Waals surface area contributed by atoms with Crippen LogP contribution in [0.4, 0.5) is 4.39 Å². The molecule has 3 amide bonds. The fourth-order valence-corrected chi connectivity index (χ4v) is 7.27. The van der Waals surface area contributed by atoms with Crippen LogP contribution in [0, 0.1) is 5.82 Å². The van der Waals surface area contributed by atoms with E-state index >= 15 is 0 Å². The molecule has 1 aliphatic carbocycles. The number of hydrogen-bond acceptors (Lipinski definition) is 5. The van der Waals surface area contributed by atoms with Gasteiger partial charge in [-0.25, -0.2) is 17.1 Å². The maximum absolute atomic E-state index is 14.8. The molecule has 0 bridgehead atoms. The Balaban J connectivity index is 1.43. The average Bonchev–Trinajstić information content (AvgIpc) is 3.19. The molecule has 220 valence electrons. The van der Waals surface area contributed by atoms with E-state index in [1.54, 1.807) is 24.3 Å². The largest absolute Gasteiger partial charge is 0.352 e. The molecule has 42 heavy (non-hydrogen) atoms. The molecule has 1 heterocycles. The minimum Gasteiger partial charge on any atom is -0.352 e. The Bertz CT molecular complexity index is 1560. The van der Waals surface area contributed by atoms with Gasteiger partial charge in [0.2, 0.25) is 11.8 Å². The highest BCUT2D eigenvalue weighted by molar-refractivity contribution is 7.90. The standard InChI is InChI=1S/C32H34FN3O5S/c33-27-17-9-7-13-24(27)22-35(30(37)19-20-36-32(39)26-16-8-10-18-29(26)42(36,40)41)28(21-23-11-3-1-4-12-23)31(38)34-25-14-5-2-6-15-25/h1,3-4,7-13,16-18,25,28H,2,5-6,14-15,19-22H2,(H,34,38)/t28-/m1/s1. The number of carbonyl (C=O) groups excluding carboxylic acids is 3. The molecule has 2 aliphatic rings. The number of fused-ring (bicyclic) bond motifs is 1. The van der Waals surface area contributed by atoms with Crippen molar-refractivity contribution in [1.82, 2.24) is 14.5 Å². The van der Waals surface area contributed by atoms with Crippen LogP contribution in [0.15, 0.2) is 83.8 Å². The topological polar surface area (TPSA) is 104 Å². The van der Waals surface area contributed by atoms with E-state index < -0.39 is 40.2 Å². The van der Waals surface area contributed by atoms with Crippen molar-refractivity contribution in [3.63, 3.8) is 0 Å². The molecule has 0 radical (unpaired) electrons. The predicted octanol–water partition coefficient (Wildman–Crippen LogP) is 4.45. The zero-order chi connectivity index (χ0) is 29.7. The summed E-state index contributed by atoms with van der Waals surface area (Å²) in [6.45, 7) is -0.591. The summed E-state index contributed by atoms with van der Waals surface area (Å²) in [5.41, 5.74) is 1.11. The molecule has 1 saturated carbocycles. The maximum atomic E-state index is 14.8. The number of carbonyl (C=O) groups is 3. The summed E-state index contributed by atoms with van der Waals surface area (Å²) in [5.74, 6) is -2.12. The lowest BCUT2D eigenvalue weighted by molar-refractivity contribution is -0.141. The first-order valence-electron chi connectivity index (χ1n) is 14.3. The summed E-state index contributed by atoms with van der Waals surface area (Å²) in [6, 6.07) is 20.2. The van der Waals surface area contributed by atoms with Crippen molar-refractivity contribution in [3.05, 3.63) is 101 Å². The third-order valence-corrected chi connectivity index (χ3v) is 9.80. The van der Waals surface area contributed by atoms with Gasteiger partial charge in [0.25, 0.3) is 15.9 Å². The van der Waals surface area contributed by atoms with E-state index in [0.717, 1.165) is 37.7 Å². The summed E-state index contributed by atoms with van der Waals surface area (Å²) in [6.07, 6.45) is 4.64. The number of halogens is 1. The van der Waals surface area contributed by atoms with E-state index in [1.165, 1.54) is 29.2 Å². The minimum absolute atomic E-state index is 0.0131. The van der Waals surface area contributed by atoms with Crippen molar-refractivity contribution in [1.29, 1.82) is 0 Å². The molecule has 0 unspecified atom stereocenters. The van der Waals surface area contributed by atoms with E-state index in [4.69, 9.17) is 0 Å². The van der Waals surface area contributed by atoms with Gasteiger partial charge >= 0.3 is 0 Å². The quantitative estimate of drug-likeness (QED) is 0.375. The third kappa shape index (κ3) is 6.38. The van der Waals surface area contributed by atoms with Gasteiger partial charge in [-0.1, -0.05) is 79.9 Å².